The van der Waals surface area contributed by atoms with E-state index in [9.17, 15) is 0 Å². The highest BCUT2D eigenvalue weighted by molar-refractivity contribution is 6.19. The monoisotopic (exact) mass is 868 g/mol. The minimum absolute atomic E-state index is 0.798. The maximum atomic E-state index is 5.42. The van der Waals surface area contributed by atoms with Gasteiger partial charge < -0.3 is 0 Å². The Bertz CT molecular complexity index is 3630. The maximum Gasteiger partial charge on any atom is 0.138 e. The lowest BCUT2D eigenvalue weighted by Crippen LogP contribution is -2.00. The van der Waals surface area contributed by atoms with E-state index in [0.717, 1.165) is 123 Å². The molecule has 0 saturated carbocycles. The lowest BCUT2D eigenvalue weighted by Gasteiger charge is -2.12. The average molecular weight is 869 g/mol. The first-order valence-electron chi connectivity index (χ1n) is 22.9. The van der Waals surface area contributed by atoms with Crippen LogP contribution >= 0.6 is 0 Å². The van der Waals surface area contributed by atoms with Gasteiger partial charge in [0.1, 0.15) is 11.6 Å². The number of fused-ring (bicyclic) bond motifs is 6. The van der Waals surface area contributed by atoms with Crippen LogP contribution in [0.2, 0.25) is 0 Å². The van der Waals surface area contributed by atoms with Crippen molar-refractivity contribution in [3.8, 4) is 79.2 Å². The van der Waals surface area contributed by atoms with Gasteiger partial charge in [0.05, 0.1) is 56.2 Å². The summed E-state index contributed by atoms with van der Waals surface area (Å²) in [5.74, 6) is 1.64. The zero-order chi connectivity index (χ0) is 45.0. The first-order valence-corrected chi connectivity index (χ1v) is 22.9. The molecule has 0 aliphatic carbocycles. The third-order valence-corrected chi connectivity index (χ3v) is 12.9. The SMILES string of the molecule is c1ccc(-c2cc(-c3ccccc3)nc(-c3cccc(-n4c5ccccc5c5cc6c(cc54)c4ccccc4n6-c4cccc(-c5cc(-c6ccccc6)cc(-c6ccccc6)n5)n4)n3)c2)cc1. The van der Waals surface area contributed by atoms with Crippen molar-refractivity contribution >= 4 is 43.6 Å². The number of para-hydroxylation sites is 2. The molecule has 318 valence electrons. The molecule has 0 fully saturated rings. The highest BCUT2D eigenvalue weighted by Gasteiger charge is 2.21. The Labute approximate surface area is 392 Å². The Hall–Kier alpha value is -9.26. The second-order valence-corrected chi connectivity index (χ2v) is 17.1. The summed E-state index contributed by atoms with van der Waals surface area (Å²) >= 11 is 0. The number of rotatable bonds is 8. The third-order valence-electron chi connectivity index (χ3n) is 12.9. The van der Waals surface area contributed by atoms with E-state index in [0.29, 0.717) is 0 Å². The molecular weight excluding hydrogens is 829 g/mol. The van der Waals surface area contributed by atoms with Gasteiger partial charge in [-0.25, -0.2) is 19.9 Å². The van der Waals surface area contributed by atoms with Crippen molar-refractivity contribution in [2.45, 2.75) is 0 Å². The first kappa shape index (κ1) is 39.1. The maximum absolute atomic E-state index is 5.42. The molecule has 0 bridgehead atoms. The van der Waals surface area contributed by atoms with Gasteiger partial charge in [-0.15, -0.1) is 0 Å². The van der Waals surface area contributed by atoms with Crippen LogP contribution in [0.3, 0.4) is 0 Å². The van der Waals surface area contributed by atoms with Gasteiger partial charge in [0.2, 0.25) is 0 Å². The summed E-state index contributed by atoms with van der Waals surface area (Å²) in [7, 11) is 0. The number of nitrogens with zero attached hydrogens (tertiary/aromatic N) is 6. The average Bonchev–Trinajstić information content (AvgIpc) is 3.93. The summed E-state index contributed by atoms with van der Waals surface area (Å²) in [5.41, 5.74) is 15.9. The molecule has 0 atom stereocenters. The molecule has 0 aliphatic heterocycles. The third kappa shape index (κ3) is 6.82. The van der Waals surface area contributed by atoms with Crippen molar-refractivity contribution < 1.29 is 0 Å². The fourth-order valence-electron chi connectivity index (χ4n) is 9.74. The number of aromatic nitrogens is 6. The molecule has 0 aliphatic rings. The van der Waals surface area contributed by atoms with E-state index < -0.39 is 0 Å². The second kappa shape index (κ2) is 16.3. The van der Waals surface area contributed by atoms with E-state index in [1.54, 1.807) is 0 Å². The Kier molecular flexibility index (Phi) is 9.39. The topological polar surface area (TPSA) is 61.4 Å². The molecule has 0 N–H and O–H groups in total. The molecule has 6 heteroatoms. The summed E-state index contributed by atoms with van der Waals surface area (Å²) in [6, 6.07) is 84.7. The molecule has 6 nitrogen and oxygen atoms in total. The van der Waals surface area contributed by atoms with Gasteiger partial charge >= 0.3 is 0 Å². The minimum atomic E-state index is 0.798. The van der Waals surface area contributed by atoms with Gasteiger partial charge in [-0.05, 0) is 95.1 Å². The van der Waals surface area contributed by atoms with Gasteiger partial charge in [-0.2, -0.15) is 0 Å². The van der Waals surface area contributed by atoms with Crippen molar-refractivity contribution in [1.82, 2.24) is 29.1 Å². The quantitative estimate of drug-likeness (QED) is 0.153. The van der Waals surface area contributed by atoms with Gasteiger partial charge in [0.15, 0.2) is 0 Å². The van der Waals surface area contributed by atoms with Crippen LogP contribution in [0.5, 0.6) is 0 Å². The molecule has 0 saturated heterocycles. The fraction of sp³-hybridized carbons (Fsp3) is 0. The Balaban J connectivity index is 0.979. The van der Waals surface area contributed by atoms with Crippen LogP contribution in [0, 0.1) is 0 Å². The van der Waals surface area contributed by atoms with Gasteiger partial charge in [-0.3, -0.25) is 9.13 Å². The summed E-state index contributed by atoms with van der Waals surface area (Å²) in [4.78, 5) is 21.3. The van der Waals surface area contributed by atoms with E-state index in [4.69, 9.17) is 19.9 Å². The number of hydrogen-bond donors (Lipinski definition) is 0. The smallest absolute Gasteiger partial charge is 0.138 e. The Morgan fingerprint density at radius 1 is 0.206 bits per heavy atom. The number of pyridine rings is 4. The molecule has 0 radical (unpaired) electrons. The fourth-order valence-corrected chi connectivity index (χ4v) is 9.74. The van der Waals surface area contributed by atoms with Crippen LogP contribution in [0.4, 0.5) is 0 Å². The van der Waals surface area contributed by atoms with E-state index in [1.165, 1.54) is 0 Å². The van der Waals surface area contributed by atoms with Crippen molar-refractivity contribution in [3.05, 3.63) is 243 Å². The van der Waals surface area contributed by atoms with Crippen LogP contribution in [-0.2, 0) is 0 Å². The molecule has 0 amide bonds. The molecule has 13 aromatic rings. The summed E-state index contributed by atoms with van der Waals surface area (Å²) < 4.78 is 4.60. The molecule has 0 unspecified atom stereocenters. The predicted molar refractivity (Wildman–Crippen MR) is 279 cm³/mol. The lowest BCUT2D eigenvalue weighted by molar-refractivity contribution is 1.07. The molecule has 68 heavy (non-hydrogen) atoms. The van der Waals surface area contributed by atoms with Crippen LogP contribution in [-0.4, -0.2) is 29.1 Å². The van der Waals surface area contributed by atoms with Crippen LogP contribution in [0.1, 0.15) is 0 Å². The lowest BCUT2D eigenvalue weighted by atomic mass is 10.0. The van der Waals surface area contributed by atoms with E-state index in [-0.39, 0.29) is 0 Å². The van der Waals surface area contributed by atoms with E-state index in [2.05, 4.69) is 228 Å². The van der Waals surface area contributed by atoms with Crippen molar-refractivity contribution in [1.29, 1.82) is 0 Å². The van der Waals surface area contributed by atoms with Crippen molar-refractivity contribution in [2.75, 3.05) is 0 Å². The Morgan fingerprint density at radius 3 is 0.971 bits per heavy atom. The molecule has 6 aromatic heterocycles. The summed E-state index contributed by atoms with van der Waals surface area (Å²) in [6.45, 7) is 0. The predicted octanol–water partition coefficient (Wildman–Crippen LogP) is 15.5. The van der Waals surface area contributed by atoms with Crippen LogP contribution < -0.4 is 0 Å². The van der Waals surface area contributed by atoms with E-state index in [1.807, 2.05) is 24.3 Å². The number of hydrogen-bond acceptors (Lipinski definition) is 4. The van der Waals surface area contributed by atoms with Crippen LogP contribution in [0.25, 0.3) is 123 Å². The molecule has 7 aromatic carbocycles. The highest BCUT2D eigenvalue weighted by Crippen LogP contribution is 2.40. The largest absolute Gasteiger partial charge is 0.294 e. The van der Waals surface area contributed by atoms with Gasteiger partial charge in [0.25, 0.3) is 0 Å². The Morgan fingerprint density at radius 2 is 0.559 bits per heavy atom. The standard InChI is InChI=1S/C62H40N6/c1-5-19-41(20-6-1)45-35-53(43-23-9-3-10-24-43)63-55(37-45)51-29-17-33-61(65-51)67-57-31-15-13-27-47(57)49-40-60-50(39-59(49)67)48-28-14-16-32-58(48)68(60)62-34-18-30-52(66-62)56-38-46(42-21-7-2-8-22-42)36-54(64-56)44-25-11-4-12-26-44/h1-40H. The first-order chi connectivity index (χ1) is 33.7. The van der Waals surface area contributed by atoms with Crippen molar-refractivity contribution in [3.63, 3.8) is 0 Å². The molecular formula is C62H40N6. The summed E-state index contributed by atoms with van der Waals surface area (Å²) in [6.07, 6.45) is 0. The number of benzene rings is 7. The zero-order valence-corrected chi connectivity index (χ0v) is 36.8. The van der Waals surface area contributed by atoms with Crippen LogP contribution in [0.15, 0.2) is 243 Å². The molecule has 6 heterocycles. The van der Waals surface area contributed by atoms with E-state index >= 15 is 0 Å². The minimum Gasteiger partial charge on any atom is -0.294 e. The summed E-state index contributed by atoms with van der Waals surface area (Å²) in [5, 5.41) is 4.53. The van der Waals surface area contributed by atoms with Gasteiger partial charge in [0, 0.05) is 32.7 Å². The normalized spacial score (nSPS) is 11.5. The molecule has 0 spiro atoms. The van der Waals surface area contributed by atoms with Crippen molar-refractivity contribution in [2.24, 2.45) is 0 Å². The second-order valence-electron chi connectivity index (χ2n) is 17.1. The molecule has 13 rings (SSSR count). The highest BCUT2D eigenvalue weighted by atomic mass is 15.1. The van der Waals surface area contributed by atoms with Gasteiger partial charge in [-0.1, -0.05) is 170 Å². The zero-order valence-electron chi connectivity index (χ0n) is 36.8.